The normalized spacial score (nSPS) is 16.7. The second-order valence-corrected chi connectivity index (χ2v) is 2.64. The average Bonchev–Trinajstić information content (AvgIpc) is 2.32. The highest BCUT2D eigenvalue weighted by molar-refractivity contribution is 6.14. The van der Waals surface area contributed by atoms with E-state index in [4.69, 9.17) is 0 Å². The lowest BCUT2D eigenvalue weighted by Crippen LogP contribution is -2.34. The molecule has 70 valence electrons. The highest BCUT2D eigenvalue weighted by Crippen LogP contribution is 2.15. The zero-order valence-electron chi connectivity index (χ0n) is 7.20. The van der Waals surface area contributed by atoms with E-state index in [9.17, 15) is 14.4 Å². The number of carbonyl (C=O) groups is 3. The smallest absolute Gasteiger partial charge is 0.325 e. The predicted molar refractivity (Wildman–Crippen MR) is 42.5 cm³/mol. The van der Waals surface area contributed by atoms with Gasteiger partial charge in [-0.05, 0) is 0 Å². The molecule has 1 heterocycles. The van der Waals surface area contributed by atoms with Crippen molar-refractivity contribution < 1.29 is 19.1 Å². The molecule has 5 nitrogen and oxygen atoms in total. The molecule has 0 unspecified atom stereocenters. The van der Waals surface area contributed by atoms with E-state index < -0.39 is 17.8 Å². The molecule has 1 fully saturated rings. The van der Waals surface area contributed by atoms with Gasteiger partial charge in [0.25, 0.3) is 5.91 Å². The molecule has 1 rings (SSSR count). The second kappa shape index (κ2) is 3.38. The largest absolute Gasteiger partial charge is 0.468 e. The zero-order valence-corrected chi connectivity index (χ0v) is 7.20. The van der Waals surface area contributed by atoms with Gasteiger partial charge in [-0.15, -0.1) is 0 Å². The number of amides is 2. The molecule has 0 atom stereocenters. The van der Waals surface area contributed by atoms with Crippen LogP contribution in [0.5, 0.6) is 0 Å². The highest BCUT2D eigenvalue weighted by Gasteiger charge is 2.33. The van der Waals surface area contributed by atoms with Crippen LogP contribution < -0.4 is 0 Å². The molecule has 0 aromatic rings. The maximum atomic E-state index is 11.2. The summed E-state index contributed by atoms with van der Waals surface area (Å²) in [6.07, 6.45) is -0.00414. The van der Waals surface area contributed by atoms with E-state index in [2.05, 4.69) is 11.3 Å². The van der Waals surface area contributed by atoms with Gasteiger partial charge in [-0.2, -0.15) is 0 Å². The van der Waals surface area contributed by atoms with E-state index in [1.807, 2.05) is 0 Å². The number of esters is 1. The van der Waals surface area contributed by atoms with Crippen LogP contribution in [0.1, 0.15) is 6.42 Å². The van der Waals surface area contributed by atoms with Gasteiger partial charge in [-0.1, -0.05) is 6.58 Å². The summed E-state index contributed by atoms with van der Waals surface area (Å²) in [5.41, 5.74) is 0.217. The summed E-state index contributed by atoms with van der Waals surface area (Å²) in [6.45, 7) is 3.08. The van der Waals surface area contributed by atoms with Crippen molar-refractivity contribution in [3.63, 3.8) is 0 Å². The van der Waals surface area contributed by atoms with Crippen molar-refractivity contribution in [2.24, 2.45) is 0 Å². The molecule has 0 radical (unpaired) electrons. The van der Waals surface area contributed by atoms with Crippen molar-refractivity contribution in [3.05, 3.63) is 12.2 Å². The maximum Gasteiger partial charge on any atom is 0.325 e. The van der Waals surface area contributed by atoms with Gasteiger partial charge in [-0.25, -0.2) is 0 Å². The maximum absolute atomic E-state index is 11.2. The summed E-state index contributed by atoms with van der Waals surface area (Å²) >= 11 is 0. The minimum atomic E-state index is -0.614. The van der Waals surface area contributed by atoms with E-state index in [-0.39, 0.29) is 18.5 Å². The number of carbonyl (C=O) groups excluding carboxylic acids is 3. The third-order valence-corrected chi connectivity index (χ3v) is 1.73. The molecule has 0 aliphatic carbocycles. The molecule has 1 aliphatic heterocycles. The van der Waals surface area contributed by atoms with Crippen molar-refractivity contribution in [1.29, 1.82) is 0 Å². The van der Waals surface area contributed by atoms with Gasteiger partial charge in [0.1, 0.15) is 6.54 Å². The fourth-order valence-corrected chi connectivity index (χ4v) is 1.01. The van der Waals surface area contributed by atoms with Crippen LogP contribution in [0.2, 0.25) is 0 Å². The van der Waals surface area contributed by atoms with E-state index in [0.717, 1.165) is 4.90 Å². The number of likely N-dealkylation sites (tertiary alicyclic amines) is 1. The Balaban J connectivity index is 2.70. The average molecular weight is 183 g/mol. The van der Waals surface area contributed by atoms with E-state index in [1.165, 1.54) is 7.11 Å². The fraction of sp³-hybridized carbons (Fsp3) is 0.375. The van der Waals surface area contributed by atoms with E-state index in [1.54, 1.807) is 0 Å². The molecule has 5 heteroatoms. The summed E-state index contributed by atoms with van der Waals surface area (Å²) in [5, 5.41) is 0. The van der Waals surface area contributed by atoms with Crippen molar-refractivity contribution >= 4 is 17.8 Å². The van der Waals surface area contributed by atoms with Crippen LogP contribution in [0.3, 0.4) is 0 Å². The summed E-state index contributed by atoms with van der Waals surface area (Å²) < 4.78 is 4.33. The van der Waals surface area contributed by atoms with E-state index >= 15 is 0 Å². The van der Waals surface area contributed by atoms with Crippen LogP contribution in [0.4, 0.5) is 0 Å². The van der Waals surface area contributed by atoms with Crippen molar-refractivity contribution in [2.75, 3.05) is 13.7 Å². The summed E-state index contributed by atoms with van der Waals surface area (Å²) in [6, 6.07) is 0. The van der Waals surface area contributed by atoms with Gasteiger partial charge >= 0.3 is 5.97 Å². The van der Waals surface area contributed by atoms with Gasteiger partial charge in [0, 0.05) is 5.57 Å². The number of hydrogen-bond acceptors (Lipinski definition) is 4. The quantitative estimate of drug-likeness (QED) is 0.328. The standard InChI is InChI=1S/C8H9NO4/c1-5-3-6(10)9(8(5)12)4-7(11)13-2/h1,3-4H2,2H3. The first kappa shape index (κ1) is 9.44. The molecular formula is C8H9NO4. The first-order valence-electron chi connectivity index (χ1n) is 3.65. The molecule has 1 aliphatic rings. The molecule has 13 heavy (non-hydrogen) atoms. The predicted octanol–water partition coefficient (Wildman–Crippen LogP) is -0.526. The number of hydrogen-bond donors (Lipinski definition) is 0. The Morgan fingerprint density at radius 1 is 1.62 bits per heavy atom. The van der Waals surface area contributed by atoms with Crippen molar-refractivity contribution in [1.82, 2.24) is 4.90 Å². The molecule has 0 bridgehead atoms. The van der Waals surface area contributed by atoms with Crippen LogP contribution in [0.15, 0.2) is 12.2 Å². The van der Waals surface area contributed by atoms with Crippen molar-refractivity contribution in [3.8, 4) is 0 Å². The molecule has 0 spiro atoms. The second-order valence-electron chi connectivity index (χ2n) is 2.64. The Hall–Kier alpha value is -1.65. The molecular weight excluding hydrogens is 174 g/mol. The van der Waals surface area contributed by atoms with Gasteiger partial charge in [0.05, 0.1) is 13.5 Å². The van der Waals surface area contributed by atoms with E-state index in [0.29, 0.717) is 0 Å². The molecule has 0 N–H and O–H groups in total. The lowest BCUT2D eigenvalue weighted by molar-refractivity contribution is -0.150. The lowest BCUT2D eigenvalue weighted by atomic mass is 10.3. The van der Waals surface area contributed by atoms with Gasteiger partial charge < -0.3 is 4.74 Å². The molecule has 2 amide bonds. The third-order valence-electron chi connectivity index (χ3n) is 1.73. The summed E-state index contributed by atoms with van der Waals surface area (Å²) in [4.78, 5) is 33.9. The molecule has 0 saturated carbocycles. The Bertz CT molecular complexity index is 295. The summed E-state index contributed by atoms with van der Waals surface area (Å²) in [5.74, 6) is -1.51. The third kappa shape index (κ3) is 1.74. The number of nitrogens with zero attached hydrogens (tertiary/aromatic N) is 1. The van der Waals surface area contributed by atoms with Gasteiger partial charge in [-0.3, -0.25) is 19.3 Å². The number of rotatable bonds is 2. The van der Waals surface area contributed by atoms with Crippen LogP contribution in [-0.4, -0.2) is 36.3 Å². The van der Waals surface area contributed by atoms with Gasteiger partial charge in [0.15, 0.2) is 0 Å². The Kier molecular flexibility index (Phi) is 2.46. The zero-order chi connectivity index (χ0) is 10.0. The minimum Gasteiger partial charge on any atom is -0.468 e. The first-order valence-corrected chi connectivity index (χ1v) is 3.65. The lowest BCUT2D eigenvalue weighted by Gasteiger charge is -2.10. The summed E-state index contributed by atoms with van der Waals surface area (Å²) in [7, 11) is 1.20. The van der Waals surface area contributed by atoms with Crippen LogP contribution in [0, 0.1) is 0 Å². The molecule has 0 aromatic heterocycles. The minimum absolute atomic E-state index is 0.00414. The fourth-order valence-electron chi connectivity index (χ4n) is 1.01. The first-order chi connectivity index (χ1) is 6.06. The highest BCUT2D eigenvalue weighted by atomic mass is 16.5. The van der Waals surface area contributed by atoms with Gasteiger partial charge in [0.2, 0.25) is 5.91 Å². The Labute approximate surface area is 75.0 Å². The molecule has 0 aromatic carbocycles. The van der Waals surface area contributed by atoms with Crippen molar-refractivity contribution in [2.45, 2.75) is 6.42 Å². The monoisotopic (exact) mass is 183 g/mol. The number of imide groups is 1. The Morgan fingerprint density at radius 2 is 2.23 bits per heavy atom. The Morgan fingerprint density at radius 3 is 2.62 bits per heavy atom. The number of ether oxygens (including phenoxy) is 1. The number of methoxy groups -OCH3 is 1. The topological polar surface area (TPSA) is 63.7 Å². The van der Waals surface area contributed by atoms with Crippen LogP contribution in [0.25, 0.3) is 0 Å². The van der Waals surface area contributed by atoms with Crippen LogP contribution in [-0.2, 0) is 19.1 Å². The van der Waals surface area contributed by atoms with Crippen LogP contribution >= 0.6 is 0 Å². The SMILES string of the molecule is C=C1CC(=O)N(CC(=O)OC)C1=O. The molecule has 1 saturated heterocycles.